The molecule has 0 amide bonds. The van der Waals surface area contributed by atoms with E-state index >= 15 is 0 Å². The van der Waals surface area contributed by atoms with Crippen LogP contribution in [0.3, 0.4) is 0 Å². The van der Waals surface area contributed by atoms with E-state index in [0.29, 0.717) is 23.4 Å². The molecule has 0 N–H and O–H groups in total. The van der Waals surface area contributed by atoms with Crippen LogP contribution in [0.1, 0.15) is 22.4 Å². The zero-order valence-electron chi connectivity index (χ0n) is 10.8. The summed E-state index contributed by atoms with van der Waals surface area (Å²) in [6.45, 7) is 1.51. The van der Waals surface area contributed by atoms with E-state index in [2.05, 4.69) is 4.98 Å². The lowest BCUT2D eigenvalue weighted by Crippen LogP contribution is -2.09. The van der Waals surface area contributed by atoms with E-state index in [1.165, 1.54) is 19.2 Å². The van der Waals surface area contributed by atoms with Crippen molar-refractivity contribution in [1.29, 1.82) is 0 Å². The SMILES string of the molecule is Cc1c(CCc2ccc(Cl)cn2)cccc1C(F)(F)F. The highest BCUT2D eigenvalue weighted by Gasteiger charge is 2.32. The van der Waals surface area contributed by atoms with Gasteiger partial charge in [-0.25, -0.2) is 0 Å². The number of halogens is 4. The molecule has 0 aliphatic heterocycles. The van der Waals surface area contributed by atoms with Crippen LogP contribution in [0.25, 0.3) is 0 Å². The van der Waals surface area contributed by atoms with Crippen molar-refractivity contribution in [1.82, 2.24) is 4.98 Å². The highest BCUT2D eigenvalue weighted by atomic mass is 35.5. The average Bonchev–Trinajstić information content (AvgIpc) is 2.38. The predicted octanol–water partition coefficient (Wildman–Crippen LogP) is 4.85. The minimum absolute atomic E-state index is 0.286. The molecule has 0 fully saturated rings. The number of alkyl halides is 3. The molecular formula is C15H13ClF3N. The summed E-state index contributed by atoms with van der Waals surface area (Å²) in [5.74, 6) is 0. The molecule has 2 aromatic rings. The van der Waals surface area contributed by atoms with Crippen molar-refractivity contribution in [3.8, 4) is 0 Å². The van der Waals surface area contributed by atoms with Gasteiger partial charge in [-0.1, -0.05) is 23.7 Å². The van der Waals surface area contributed by atoms with Gasteiger partial charge in [0.15, 0.2) is 0 Å². The van der Waals surface area contributed by atoms with Crippen LogP contribution in [0.15, 0.2) is 36.5 Å². The monoisotopic (exact) mass is 299 g/mol. The summed E-state index contributed by atoms with van der Waals surface area (Å²) in [5, 5.41) is 0.545. The summed E-state index contributed by atoms with van der Waals surface area (Å²) >= 11 is 5.74. The second kappa shape index (κ2) is 5.83. The summed E-state index contributed by atoms with van der Waals surface area (Å²) < 4.78 is 38.4. The molecule has 1 aromatic heterocycles. The summed E-state index contributed by atoms with van der Waals surface area (Å²) in [4.78, 5) is 4.14. The molecule has 1 nitrogen and oxygen atoms in total. The van der Waals surface area contributed by atoms with E-state index in [1.807, 2.05) is 0 Å². The fraction of sp³-hybridized carbons (Fsp3) is 0.267. The van der Waals surface area contributed by atoms with Crippen molar-refractivity contribution in [2.45, 2.75) is 25.9 Å². The summed E-state index contributed by atoms with van der Waals surface area (Å²) in [7, 11) is 0. The van der Waals surface area contributed by atoms with Gasteiger partial charge in [-0.15, -0.1) is 0 Å². The maximum atomic E-state index is 12.8. The second-order valence-electron chi connectivity index (χ2n) is 4.56. The van der Waals surface area contributed by atoms with Crippen molar-refractivity contribution in [2.75, 3.05) is 0 Å². The van der Waals surface area contributed by atoms with Crippen molar-refractivity contribution in [2.24, 2.45) is 0 Å². The number of aromatic nitrogens is 1. The molecule has 106 valence electrons. The van der Waals surface area contributed by atoms with Gasteiger partial charge in [0.25, 0.3) is 0 Å². The van der Waals surface area contributed by atoms with Gasteiger partial charge in [0, 0.05) is 11.9 Å². The Balaban J connectivity index is 2.16. The number of aryl methyl sites for hydroxylation is 2. The molecule has 0 aliphatic rings. The standard InChI is InChI=1S/C15H13ClF3N/c1-10-11(3-2-4-14(10)15(17,18)19)5-7-13-8-6-12(16)9-20-13/h2-4,6,8-9H,5,7H2,1H3. The Labute approximate surface area is 120 Å². The summed E-state index contributed by atoms with van der Waals surface area (Å²) in [6.07, 6.45) is -1.67. The molecule has 0 unspecified atom stereocenters. The van der Waals surface area contributed by atoms with Gasteiger partial charge in [-0.05, 0) is 49.1 Å². The zero-order chi connectivity index (χ0) is 14.8. The van der Waals surface area contributed by atoms with Gasteiger partial charge in [0.1, 0.15) is 0 Å². The first-order valence-electron chi connectivity index (χ1n) is 6.14. The molecule has 0 aliphatic carbocycles. The molecule has 0 bridgehead atoms. The van der Waals surface area contributed by atoms with Crippen LogP contribution in [0.5, 0.6) is 0 Å². The minimum Gasteiger partial charge on any atom is -0.260 e. The van der Waals surface area contributed by atoms with Crippen molar-refractivity contribution >= 4 is 11.6 Å². The van der Waals surface area contributed by atoms with Crippen LogP contribution in [0, 0.1) is 6.92 Å². The smallest absolute Gasteiger partial charge is 0.260 e. The predicted molar refractivity (Wildman–Crippen MR) is 72.8 cm³/mol. The molecule has 0 saturated carbocycles. The number of nitrogens with zero attached hydrogens (tertiary/aromatic N) is 1. The zero-order valence-corrected chi connectivity index (χ0v) is 11.6. The first-order valence-corrected chi connectivity index (χ1v) is 6.52. The lowest BCUT2D eigenvalue weighted by Gasteiger charge is -2.13. The second-order valence-corrected chi connectivity index (χ2v) is 4.99. The maximum absolute atomic E-state index is 12.8. The quantitative estimate of drug-likeness (QED) is 0.789. The number of benzene rings is 1. The van der Waals surface area contributed by atoms with Gasteiger partial charge in [-0.3, -0.25) is 4.98 Å². The normalized spacial score (nSPS) is 11.7. The van der Waals surface area contributed by atoms with Crippen LogP contribution in [0.4, 0.5) is 13.2 Å². The minimum atomic E-state index is -4.31. The van der Waals surface area contributed by atoms with E-state index in [9.17, 15) is 13.2 Å². The van der Waals surface area contributed by atoms with Crippen molar-refractivity contribution in [3.63, 3.8) is 0 Å². The fourth-order valence-electron chi connectivity index (χ4n) is 2.08. The van der Waals surface area contributed by atoms with Crippen LogP contribution < -0.4 is 0 Å². The van der Waals surface area contributed by atoms with Crippen molar-refractivity contribution < 1.29 is 13.2 Å². The molecule has 0 radical (unpaired) electrons. The summed E-state index contributed by atoms with van der Waals surface area (Å²) in [6, 6.07) is 7.79. The van der Waals surface area contributed by atoms with Crippen LogP contribution in [-0.2, 0) is 19.0 Å². The lowest BCUT2D eigenvalue weighted by atomic mass is 9.98. The third-order valence-electron chi connectivity index (χ3n) is 3.19. The van der Waals surface area contributed by atoms with Gasteiger partial charge < -0.3 is 0 Å². The highest BCUT2D eigenvalue weighted by molar-refractivity contribution is 6.30. The van der Waals surface area contributed by atoms with Gasteiger partial charge >= 0.3 is 6.18 Å². The highest BCUT2D eigenvalue weighted by Crippen LogP contribution is 2.33. The molecule has 0 saturated heterocycles. The average molecular weight is 300 g/mol. The molecule has 1 heterocycles. The molecule has 2 rings (SSSR count). The Morgan fingerprint density at radius 1 is 1.10 bits per heavy atom. The number of hydrogen-bond donors (Lipinski definition) is 0. The first kappa shape index (κ1) is 14.9. The summed E-state index contributed by atoms with van der Waals surface area (Å²) in [5.41, 5.74) is 1.22. The molecule has 20 heavy (non-hydrogen) atoms. The third kappa shape index (κ3) is 3.51. The van der Waals surface area contributed by atoms with Crippen LogP contribution in [-0.4, -0.2) is 4.98 Å². The Morgan fingerprint density at radius 3 is 2.45 bits per heavy atom. The Bertz CT molecular complexity index is 591. The van der Waals surface area contributed by atoms with E-state index in [0.717, 1.165) is 11.8 Å². The van der Waals surface area contributed by atoms with E-state index < -0.39 is 11.7 Å². The van der Waals surface area contributed by atoms with Gasteiger partial charge in [0.05, 0.1) is 10.6 Å². The Kier molecular flexibility index (Phi) is 4.33. The number of rotatable bonds is 3. The third-order valence-corrected chi connectivity index (χ3v) is 3.41. The number of hydrogen-bond acceptors (Lipinski definition) is 1. The topological polar surface area (TPSA) is 12.9 Å². The van der Waals surface area contributed by atoms with Gasteiger partial charge in [0.2, 0.25) is 0 Å². The van der Waals surface area contributed by atoms with E-state index in [4.69, 9.17) is 11.6 Å². The molecule has 0 atom stereocenters. The largest absolute Gasteiger partial charge is 0.416 e. The van der Waals surface area contributed by atoms with Crippen LogP contribution >= 0.6 is 11.6 Å². The first-order chi connectivity index (χ1) is 9.38. The van der Waals surface area contributed by atoms with Crippen molar-refractivity contribution in [3.05, 3.63) is 63.9 Å². The van der Waals surface area contributed by atoms with E-state index in [-0.39, 0.29) is 5.56 Å². The number of pyridine rings is 1. The van der Waals surface area contributed by atoms with E-state index in [1.54, 1.807) is 18.2 Å². The lowest BCUT2D eigenvalue weighted by molar-refractivity contribution is -0.138. The molecule has 0 spiro atoms. The Hall–Kier alpha value is -1.55. The van der Waals surface area contributed by atoms with Crippen LogP contribution in [0.2, 0.25) is 5.02 Å². The van der Waals surface area contributed by atoms with Gasteiger partial charge in [-0.2, -0.15) is 13.2 Å². The Morgan fingerprint density at radius 2 is 1.85 bits per heavy atom. The molecular weight excluding hydrogens is 287 g/mol. The molecule has 5 heteroatoms. The fourth-order valence-corrected chi connectivity index (χ4v) is 2.19. The molecule has 1 aromatic carbocycles. The maximum Gasteiger partial charge on any atom is 0.416 e.